The number of hydrogen-bond acceptors (Lipinski definition) is 5. The van der Waals surface area contributed by atoms with E-state index in [0.717, 1.165) is 12.3 Å². The summed E-state index contributed by atoms with van der Waals surface area (Å²) in [5.41, 5.74) is -0.129. The Morgan fingerprint density at radius 2 is 2.14 bits per heavy atom. The number of aromatic amines is 1. The van der Waals surface area contributed by atoms with E-state index in [1.807, 2.05) is 0 Å². The van der Waals surface area contributed by atoms with Crippen LogP contribution in [-0.4, -0.2) is 28.2 Å². The van der Waals surface area contributed by atoms with Gasteiger partial charge >= 0.3 is 5.97 Å². The summed E-state index contributed by atoms with van der Waals surface area (Å²) in [6.45, 7) is 0. The van der Waals surface area contributed by atoms with Crippen molar-refractivity contribution in [2.75, 3.05) is 7.11 Å². The molecule has 0 radical (unpaired) electrons. The van der Waals surface area contributed by atoms with Crippen LogP contribution >= 0.6 is 0 Å². The van der Waals surface area contributed by atoms with Crippen molar-refractivity contribution in [3.63, 3.8) is 0 Å². The Morgan fingerprint density at radius 3 is 2.81 bits per heavy atom. The Balaban J connectivity index is 2.44. The molecule has 21 heavy (non-hydrogen) atoms. The number of rotatable bonds is 5. The van der Waals surface area contributed by atoms with E-state index in [9.17, 15) is 14.7 Å². The molecule has 1 aromatic carbocycles. The zero-order valence-electron chi connectivity index (χ0n) is 11.1. The third kappa shape index (κ3) is 3.47. The number of nitrogens with one attached hydrogen (secondary N) is 1. The van der Waals surface area contributed by atoms with Crippen LogP contribution in [0.15, 0.2) is 47.7 Å². The number of ether oxygens (including phenoxy) is 2. The second-order valence-corrected chi connectivity index (χ2v) is 3.92. The Labute approximate surface area is 119 Å². The van der Waals surface area contributed by atoms with Gasteiger partial charge in [0.05, 0.1) is 25.8 Å². The highest BCUT2D eigenvalue weighted by molar-refractivity contribution is 6.15. The molecule has 0 aliphatic heterocycles. The molecule has 2 rings (SSSR count). The highest BCUT2D eigenvalue weighted by Crippen LogP contribution is 2.29. The maximum atomic E-state index is 11.3. The molecule has 7 nitrogen and oxygen atoms in total. The standard InChI is InChI=1S/C14H12N2O5/c1-20-7-10(14(18)19)9-4-2-3-5-11(9)21-13-6-12(17)15-8-16-13/h2-8H,1H3,(H,18,19)(H,15,16,17). The summed E-state index contributed by atoms with van der Waals surface area (Å²) in [4.78, 5) is 28.7. The summed E-state index contributed by atoms with van der Waals surface area (Å²) in [6, 6.07) is 7.65. The van der Waals surface area contributed by atoms with Crippen molar-refractivity contribution >= 4 is 11.5 Å². The molecule has 0 bridgehead atoms. The third-order valence-corrected chi connectivity index (χ3v) is 2.51. The monoisotopic (exact) mass is 288 g/mol. The van der Waals surface area contributed by atoms with E-state index in [1.165, 1.54) is 13.4 Å². The van der Waals surface area contributed by atoms with Crippen LogP contribution in [0.3, 0.4) is 0 Å². The largest absolute Gasteiger partial charge is 0.503 e. The maximum Gasteiger partial charge on any atom is 0.339 e. The molecule has 0 atom stereocenters. The lowest BCUT2D eigenvalue weighted by Gasteiger charge is -2.10. The van der Waals surface area contributed by atoms with Crippen LogP contribution in [-0.2, 0) is 9.53 Å². The third-order valence-electron chi connectivity index (χ3n) is 2.51. The van der Waals surface area contributed by atoms with Crippen LogP contribution in [0.5, 0.6) is 11.6 Å². The minimum atomic E-state index is -1.16. The van der Waals surface area contributed by atoms with Gasteiger partial charge in [0.15, 0.2) is 0 Å². The molecule has 0 fully saturated rings. The minimum absolute atomic E-state index is 0.0633. The molecule has 0 spiro atoms. The Bertz CT molecular complexity index is 736. The summed E-state index contributed by atoms with van der Waals surface area (Å²) in [7, 11) is 1.35. The number of para-hydroxylation sites is 1. The zero-order valence-corrected chi connectivity index (χ0v) is 11.1. The maximum absolute atomic E-state index is 11.3. The molecule has 1 aromatic heterocycles. The van der Waals surface area contributed by atoms with Crippen LogP contribution in [0.25, 0.3) is 5.57 Å². The summed E-state index contributed by atoms with van der Waals surface area (Å²) in [5.74, 6) is -0.846. The van der Waals surface area contributed by atoms with Crippen molar-refractivity contribution in [3.8, 4) is 11.6 Å². The summed E-state index contributed by atoms with van der Waals surface area (Å²) < 4.78 is 10.3. The first kappa shape index (κ1) is 14.3. The van der Waals surface area contributed by atoms with Gasteiger partial charge in [-0.2, -0.15) is 0 Å². The van der Waals surface area contributed by atoms with Gasteiger partial charge in [0.1, 0.15) is 11.3 Å². The van der Waals surface area contributed by atoms with E-state index < -0.39 is 5.97 Å². The van der Waals surface area contributed by atoms with Gasteiger partial charge in [-0.1, -0.05) is 18.2 Å². The lowest BCUT2D eigenvalue weighted by molar-refractivity contribution is -0.130. The predicted molar refractivity (Wildman–Crippen MR) is 74.0 cm³/mol. The van der Waals surface area contributed by atoms with Crippen LogP contribution < -0.4 is 10.3 Å². The van der Waals surface area contributed by atoms with Crippen molar-refractivity contribution in [2.24, 2.45) is 0 Å². The first-order valence-corrected chi connectivity index (χ1v) is 5.90. The van der Waals surface area contributed by atoms with Crippen molar-refractivity contribution in [2.45, 2.75) is 0 Å². The highest BCUT2D eigenvalue weighted by Gasteiger charge is 2.16. The molecule has 2 aromatic rings. The smallest absolute Gasteiger partial charge is 0.339 e. The van der Waals surface area contributed by atoms with Crippen LogP contribution in [0.1, 0.15) is 5.56 Å². The molecular weight excluding hydrogens is 276 g/mol. The quantitative estimate of drug-likeness (QED) is 0.640. The molecule has 0 amide bonds. The molecule has 0 unspecified atom stereocenters. The number of H-pyrrole nitrogens is 1. The number of methoxy groups -OCH3 is 1. The second kappa shape index (κ2) is 6.38. The van der Waals surface area contributed by atoms with Gasteiger partial charge in [0, 0.05) is 5.56 Å². The van der Waals surface area contributed by atoms with Gasteiger partial charge in [-0.3, -0.25) is 4.79 Å². The number of carboxylic acid groups (broad SMARTS) is 1. The van der Waals surface area contributed by atoms with Crippen LogP contribution in [0.2, 0.25) is 0 Å². The van der Waals surface area contributed by atoms with E-state index in [1.54, 1.807) is 24.3 Å². The number of carbonyl (C=O) groups is 1. The molecule has 0 saturated carbocycles. The van der Waals surface area contributed by atoms with Crippen molar-refractivity contribution < 1.29 is 19.4 Å². The molecule has 108 valence electrons. The van der Waals surface area contributed by atoms with Gasteiger partial charge in [-0.15, -0.1) is 0 Å². The van der Waals surface area contributed by atoms with E-state index in [-0.39, 0.29) is 22.8 Å². The molecule has 2 N–H and O–H groups in total. The number of hydrogen-bond donors (Lipinski definition) is 2. The molecule has 0 aliphatic carbocycles. The average Bonchev–Trinajstić information content (AvgIpc) is 2.45. The molecule has 1 heterocycles. The second-order valence-electron chi connectivity index (χ2n) is 3.92. The molecule has 0 saturated heterocycles. The predicted octanol–water partition coefficient (Wildman–Crippen LogP) is 1.63. The van der Waals surface area contributed by atoms with E-state index in [2.05, 4.69) is 9.97 Å². The normalized spacial score (nSPS) is 11.0. The highest BCUT2D eigenvalue weighted by atomic mass is 16.5. The van der Waals surface area contributed by atoms with Crippen molar-refractivity contribution in [1.82, 2.24) is 9.97 Å². The van der Waals surface area contributed by atoms with Gasteiger partial charge in [0.25, 0.3) is 5.56 Å². The number of benzene rings is 1. The fraction of sp³-hybridized carbons (Fsp3) is 0.0714. The fourth-order valence-electron chi connectivity index (χ4n) is 1.64. The zero-order chi connectivity index (χ0) is 15.2. The molecule has 7 heteroatoms. The van der Waals surface area contributed by atoms with Crippen molar-refractivity contribution in [3.05, 3.63) is 58.8 Å². The Hall–Kier alpha value is -3.09. The SMILES string of the molecule is COC=C(C(=O)O)c1ccccc1Oc1cc(=O)[nH]cn1. The van der Waals surface area contributed by atoms with Gasteiger partial charge in [-0.25, -0.2) is 9.78 Å². The number of aromatic nitrogens is 2. The number of aliphatic carboxylic acids is 1. The summed E-state index contributed by atoms with van der Waals surface area (Å²) in [6.07, 6.45) is 2.30. The first-order chi connectivity index (χ1) is 10.1. The first-order valence-electron chi connectivity index (χ1n) is 5.90. The minimum Gasteiger partial charge on any atom is -0.503 e. The van der Waals surface area contributed by atoms with Gasteiger partial charge in [0.2, 0.25) is 5.88 Å². The Morgan fingerprint density at radius 1 is 1.38 bits per heavy atom. The molecule has 0 aliphatic rings. The fourth-order valence-corrected chi connectivity index (χ4v) is 1.64. The lowest BCUT2D eigenvalue weighted by Crippen LogP contribution is -2.06. The van der Waals surface area contributed by atoms with Gasteiger partial charge in [-0.05, 0) is 6.07 Å². The van der Waals surface area contributed by atoms with Crippen LogP contribution in [0, 0.1) is 0 Å². The van der Waals surface area contributed by atoms with E-state index in [4.69, 9.17) is 9.47 Å². The summed E-state index contributed by atoms with van der Waals surface area (Å²) >= 11 is 0. The van der Waals surface area contributed by atoms with Crippen LogP contribution in [0.4, 0.5) is 0 Å². The van der Waals surface area contributed by atoms with E-state index in [0.29, 0.717) is 5.56 Å². The topological polar surface area (TPSA) is 102 Å². The Kier molecular flexibility index (Phi) is 4.35. The van der Waals surface area contributed by atoms with E-state index >= 15 is 0 Å². The lowest BCUT2D eigenvalue weighted by atomic mass is 10.1. The number of nitrogens with zero attached hydrogens (tertiary/aromatic N) is 1. The average molecular weight is 288 g/mol. The van der Waals surface area contributed by atoms with Crippen molar-refractivity contribution in [1.29, 1.82) is 0 Å². The number of carboxylic acids is 1. The van der Waals surface area contributed by atoms with Gasteiger partial charge < -0.3 is 19.6 Å². The molecular formula is C14H12N2O5. The summed E-state index contributed by atoms with van der Waals surface area (Å²) in [5, 5.41) is 9.22.